The number of allylic oxidation sites excluding steroid dienone is 1. The summed E-state index contributed by atoms with van der Waals surface area (Å²) in [6.45, 7) is 3.53. The van der Waals surface area contributed by atoms with E-state index in [1.54, 1.807) is 24.3 Å². The van der Waals surface area contributed by atoms with Crippen LogP contribution in [0.25, 0.3) is 0 Å². The van der Waals surface area contributed by atoms with E-state index in [-0.39, 0.29) is 0 Å². The van der Waals surface area contributed by atoms with E-state index in [2.05, 4.69) is 6.58 Å². The summed E-state index contributed by atoms with van der Waals surface area (Å²) in [6.07, 6.45) is 1.49. The Bertz CT molecular complexity index is 404. The number of hydrogen-bond acceptors (Lipinski definition) is 2. The molecule has 0 radical (unpaired) electrons. The fraction of sp³-hybridized carbons (Fsp3) is 0.0909. The minimum absolute atomic E-state index is 0.374. The average molecular weight is 186 g/mol. The summed E-state index contributed by atoms with van der Waals surface area (Å²) in [6, 6.07) is 8.81. The maximum atomic E-state index is 11.0. The van der Waals surface area contributed by atoms with Crippen LogP contribution in [-0.4, -0.2) is 5.91 Å². The van der Waals surface area contributed by atoms with Crippen LogP contribution < -0.4 is 5.73 Å². The van der Waals surface area contributed by atoms with Crippen molar-refractivity contribution in [1.29, 1.82) is 5.26 Å². The third kappa shape index (κ3) is 1.80. The van der Waals surface area contributed by atoms with Gasteiger partial charge in [-0.25, -0.2) is 0 Å². The van der Waals surface area contributed by atoms with Gasteiger partial charge in [0.25, 0.3) is 0 Å². The molecule has 0 aromatic heterocycles. The summed E-state index contributed by atoms with van der Waals surface area (Å²) in [5.41, 5.74) is 6.16. The molecule has 0 aliphatic heterocycles. The van der Waals surface area contributed by atoms with Crippen molar-refractivity contribution in [2.75, 3.05) is 0 Å². The first-order valence-corrected chi connectivity index (χ1v) is 4.11. The van der Waals surface area contributed by atoms with Gasteiger partial charge < -0.3 is 5.73 Å². The number of carbonyl (C=O) groups is 1. The molecule has 1 rings (SSSR count). The normalized spacial score (nSPS) is 11.4. The molecule has 1 aromatic rings. The van der Waals surface area contributed by atoms with Gasteiger partial charge in [0, 0.05) is 5.56 Å². The summed E-state index contributed by atoms with van der Waals surface area (Å²) >= 11 is 0. The maximum Gasteiger partial charge on any atom is 0.249 e. The Morgan fingerprint density at radius 2 is 2.21 bits per heavy atom. The van der Waals surface area contributed by atoms with Crippen molar-refractivity contribution in [3.05, 3.63) is 48.0 Å². The number of nitriles is 1. The lowest BCUT2D eigenvalue weighted by Gasteiger charge is -2.07. The quantitative estimate of drug-likeness (QED) is 0.728. The van der Waals surface area contributed by atoms with Crippen LogP contribution in [0, 0.1) is 11.3 Å². The molecule has 0 fully saturated rings. The molecule has 0 heterocycles. The molecule has 0 saturated heterocycles. The molecular formula is C11H10N2O. The monoisotopic (exact) mass is 186 g/mol. The predicted octanol–water partition coefficient (Wildman–Crippen LogP) is 1.58. The third-order valence-electron chi connectivity index (χ3n) is 1.94. The number of benzene rings is 1. The Hall–Kier alpha value is -2.08. The third-order valence-corrected chi connectivity index (χ3v) is 1.94. The molecule has 3 nitrogen and oxygen atoms in total. The molecule has 0 spiro atoms. The molecule has 0 aliphatic carbocycles. The maximum absolute atomic E-state index is 11.0. The second-order valence-electron chi connectivity index (χ2n) is 2.79. The second kappa shape index (κ2) is 4.24. The summed E-state index contributed by atoms with van der Waals surface area (Å²) in [4.78, 5) is 11.0. The summed E-state index contributed by atoms with van der Waals surface area (Å²) in [5.74, 6) is -1.01. The predicted molar refractivity (Wildman–Crippen MR) is 53.5 cm³/mol. The van der Waals surface area contributed by atoms with E-state index in [1.165, 1.54) is 6.08 Å². The van der Waals surface area contributed by atoms with Crippen molar-refractivity contribution >= 4 is 5.91 Å². The topological polar surface area (TPSA) is 66.9 Å². The van der Waals surface area contributed by atoms with Gasteiger partial charge in [0.05, 0.1) is 12.0 Å². The lowest BCUT2D eigenvalue weighted by Crippen LogP contribution is -2.14. The Kier molecular flexibility index (Phi) is 3.03. The van der Waals surface area contributed by atoms with Crippen molar-refractivity contribution < 1.29 is 4.79 Å². The van der Waals surface area contributed by atoms with Crippen molar-refractivity contribution in [2.24, 2.45) is 5.73 Å². The van der Waals surface area contributed by atoms with Crippen LogP contribution in [0.2, 0.25) is 0 Å². The van der Waals surface area contributed by atoms with Gasteiger partial charge in [0.2, 0.25) is 5.91 Å². The van der Waals surface area contributed by atoms with E-state index in [1.807, 2.05) is 6.07 Å². The van der Waals surface area contributed by atoms with Crippen LogP contribution in [0.5, 0.6) is 0 Å². The number of amides is 1. The number of carbonyl (C=O) groups excluding carboxylic acids is 1. The second-order valence-corrected chi connectivity index (χ2v) is 2.79. The zero-order valence-corrected chi connectivity index (χ0v) is 7.60. The van der Waals surface area contributed by atoms with Gasteiger partial charge in [-0.2, -0.15) is 5.26 Å². The highest BCUT2D eigenvalue weighted by Gasteiger charge is 2.13. The summed E-state index contributed by atoms with van der Waals surface area (Å²) < 4.78 is 0. The largest absolute Gasteiger partial charge is 0.366 e. The first kappa shape index (κ1) is 10.0. The highest BCUT2D eigenvalue weighted by atomic mass is 16.1. The smallest absolute Gasteiger partial charge is 0.249 e. The highest BCUT2D eigenvalue weighted by molar-refractivity contribution is 5.94. The van der Waals surface area contributed by atoms with Gasteiger partial charge in [0.15, 0.2) is 0 Å². The summed E-state index contributed by atoms with van der Waals surface area (Å²) in [5, 5.41) is 8.81. The molecule has 1 aromatic carbocycles. The van der Waals surface area contributed by atoms with Crippen LogP contribution >= 0.6 is 0 Å². The fourth-order valence-electron chi connectivity index (χ4n) is 1.24. The standard InChI is InChI=1S/C11H10N2O/c1-2-8(7-12)9-5-3-4-6-10(9)11(13)14/h2-6,8H,1H2,(H2,13,14). The Labute approximate surface area is 82.5 Å². The van der Waals surface area contributed by atoms with Crippen LogP contribution in [-0.2, 0) is 0 Å². The van der Waals surface area contributed by atoms with E-state index in [4.69, 9.17) is 11.0 Å². The van der Waals surface area contributed by atoms with Gasteiger partial charge in [0.1, 0.15) is 0 Å². The molecule has 0 aliphatic rings. The number of nitrogens with zero attached hydrogens (tertiary/aromatic N) is 1. The van der Waals surface area contributed by atoms with Crippen LogP contribution in [0.3, 0.4) is 0 Å². The van der Waals surface area contributed by atoms with Crippen molar-refractivity contribution in [2.45, 2.75) is 5.92 Å². The van der Waals surface area contributed by atoms with E-state index < -0.39 is 11.8 Å². The minimum atomic E-state index is -0.525. The van der Waals surface area contributed by atoms with Gasteiger partial charge in [-0.1, -0.05) is 24.3 Å². The van der Waals surface area contributed by atoms with Gasteiger partial charge in [-0.05, 0) is 11.6 Å². The highest BCUT2D eigenvalue weighted by Crippen LogP contribution is 2.19. The molecule has 0 bridgehead atoms. The molecule has 1 atom stereocenters. The van der Waals surface area contributed by atoms with E-state index >= 15 is 0 Å². The lowest BCUT2D eigenvalue weighted by molar-refractivity contribution is 0.0999. The number of nitrogens with two attached hydrogens (primary N) is 1. The number of primary amides is 1. The van der Waals surface area contributed by atoms with E-state index in [0.29, 0.717) is 11.1 Å². The van der Waals surface area contributed by atoms with Gasteiger partial charge in [-0.15, -0.1) is 6.58 Å². The fourth-order valence-corrected chi connectivity index (χ4v) is 1.24. The van der Waals surface area contributed by atoms with Crippen molar-refractivity contribution in [3.8, 4) is 6.07 Å². The Balaban J connectivity index is 3.26. The van der Waals surface area contributed by atoms with Crippen molar-refractivity contribution in [1.82, 2.24) is 0 Å². The van der Waals surface area contributed by atoms with Crippen LogP contribution in [0.4, 0.5) is 0 Å². The van der Waals surface area contributed by atoms with Crippen LogP contribution in [0.15, 0.2) is 36.9 Å². The lowest BCUT2D eigenvalue weighted by atomic mass is 9.95. The SMILES string of the molecule is C=CC(C#N)c1ccccc1C(N)=O. The first-order chi connectivity index (χ1) is 6.70. The average Bonchev–Trinajstić information content (AvgIpc) is 2.20. The molecular weight excluding hydrogens is 176 g/mol. The van der Waals surface area contributed by atoms with Crippen molar-refractivity contribution in [3.63, 3.8) is 0 Å². The molecule has 70 valence electrons. The Morgan fingerprint density at radius 3 is 2.71 bits per heavy atom. The van der Waals surface area contributed by atoms with Gasteiger partial charge in [-0.3, -0.25) is 4.79 Å². The molecule has 14 heavy (non-hydrogen) atoms. The number of hydrogen-bond donors (Lipinski definition) is 1. The summed E-state index contributed by atoms with van der Waals surface area (Å²) in [7, 11) is 0. The molecule has 0 saturated carbocycles. The van der Waals surface area contributed by atoms with Gasteiger partial charge >= 0.3 is 0 Å². The molecule has 3 heteroatoms. The molecule has 1 unspecified atom stereocenters. The minimum Gasteiger partial charge on any atom is -0.366 e. The zero-order chi connectivity index (χ0) is 10.6. The first-order valence-electron chi connectivity index (χ1n) is 4.11. The zero-order valence-electron chi connectivity index (χ0n) is 7.60. The van der Waals surface area contributed by atoms with E-state index in [0.717, 1.165) is 0 Å². The number of rotatable bonds is 3. The van der Waals surface area contributed by atoms with Crippen LogP contribution in [0.1, 0.15) is 21.8 Å². The molecule has 1 amide bonds. The van der Waals surface area contributed by atoms with E-state index in [9.17, 15) is 4.79 Å². The Morgan fingerprint density at radius 1 is 1.57 bits per heavy atom. The molecule has 2 N–H and O–H groups in total.